The Morgan fingerprint density at radius 3 is 2.67 bits per heavy atom. The molecule has 0 fully saturated rings. The molecule has 0 unspecified atom stereocenters. The number of carbonyl (C=O) groups is 3. The number of esters is 1. The van der Waals surface area contributed by atoms with E-state index in [9.17, 15) is 14.4 Å². The molecule has 18 heavy (non-hydrogen) atoms. The molecule has 4 nitrogen and oxygen atoms in total. The number of halogens is 1. The van der Waals surface area contributed by atoms with Crippen LogP contribution in [0.1, 0.15) is 33.2 Å². The van der Waals surface area contributed by atoms with Crippen molar-refractivity contribution in [3.05, 3.63) is 34.9 Å². The highest BCUT2D eigenvalue weighted by atomic mass is 79.9. The van der Waals surface area contributed by atoms with E-state index >= 15 is 0 Å². The van der Waals surface area contributed by atoms with Gasteiger partial charge in [0.15, 0.2) is 0 Å². The molecule has 5 heteroatoms. The predicted octanol–water partition coefficient (Wildman–Crippen LogP) is 2.18. The maximum atomic E-state index is 11.5. The van der Waals surface area contributed by atoms with Crippen molar-refractivity contribution in [1.29, 1.82) is 0 Å². The van der Waals surface area contributed by atoms with Crippen LogP contribution in [-0.4, -0.2) is 30.0 Å². The highest BCUT2D eigenvalue weighted by Gasteiger charge is 2.12. The number of rotatable bonds is 6. The van der Waals surface area contributed by atoms with Crippen molar-refractivity contribution in [3.8, 4) is 0 Å². The molecule has 0 bridgehead atoms. The van der Waals surface area contributed by atoms with E-state index in [1.54, 1.807) is 19.1 Å². The average Bonchev–Trinajstić information content (AvgIpc) is 2.39. The van der Waals surface area contributed by atoms with Gasteiger partial charge in [0.1, 0.15) is 12.1 Å². The van der Waals surface area contributed by atoms with Gasteiger partial charge >= 0.3 is 5.97 Å². The third-order valence-electron chi connectivity index (χ3n) is 2.32. The number of ketones is 1. The molecule has 0 saturated carbocycles. The maximum Gasteiger partial charge on any atom is 0.338 e. The van der Waals surface area contributed by atoms with Gasteiger partial charge in [-0.25, -0.2) is 4.79 Å². The average molecular weight is 313 g/mol. The summed E-state index contributed by atoms with van der Waals surface area (Å²) >= 11 is 3.06. The first-order valence-electron chi connectivity index (χ1n) is 5.45. The largest absolute Gasteiger partial charge is 0.462 e. The van der Waals surface area contributed by atoms with Gasteiger partial charge in [-0.15, -0.1) is 0 Å². The Morgan fingerprint density at radius 1 is 1.39 bits per heavy atom. The molecule has 0 amide bonds. The van der Waals surface area contributed by atoms with Crippen molar-refractivity contribution >= 4 is 34.0 Å². The fourth-order valence-electron chi connectivity index (χ4n) is 1.47. The van der Waals surface area contributed by atoms with Crippen LogP contribution in [0.5, 0.6) is 0 Å². The molecule has 0 heterocycles. The van der Waals surface area contributed by atoms with Gasteiger partial charge in [-0.3, -0.25) is 9.59 Å². The topological polar surface area (TPSA) is 60.4 Å². The summed E-state index contributed by atoms with van der Waals surface area (Å²) in [6.07, 6.45) is 0.808. The Hall–Kier alpha value is -1.49. The van der Waals surface area contributed by atoms with Crippen LogP contribution in [-0.2, 0) is 16.0 Å². The zero-order valence-corrected chi connectivity index (χ0v) is 11.5. The van der Waals surface area contributed by atoms with Gasteiger partial charge in [0, 0.05) is 12.0 Å². The first kappa shape index (κ1) is 14.6. The highest BCUT2D eigenvalue weighted by Crippen LogP contribution is 2.13. The lowest BCUT2D eigenvalue weighted by Crippen LogP contribution is -2.09. The monoisotopic (exact) mass is 312 g/mol. The Kier molecular flexibility index (Phi) is 5.71. The Bertz CT molecular complexity index is 468. The van der Waals surface area contributed by atoms with Crippen molar-refractivity contribution in [2.24, 2.45) is 0 Å². The Labute approximate surface area is 113 Å². The van der Waals surface area contributed by atoms with Crippen LogP contribution in [0.2, 0.25) is 0 Å². The van der Waals surface area contributed by atoms with E-state index in [0.29, 0.717) is 23.0 Å². The van der Waals surface area contributed by atoms with Crippen LogP contribution in [0.3, 0.4) is 0 Å². The molecule has 96 valence electrons. The summed E-state index contributed by atoms with van der Waals surface area (Å²) in [6, 6.07) is 4.61. The number of hydrogen-bond acceptors (Lipinski definition) is 4. The third kappa shape index (κ3) is 3.77. The van der Waals surface area contributed by atoms with Gasteiger partial charge in [0.05, 0.1) is 17.5 Å². The number of benzene rings is 1. The van der Waals surface area contributed by atoms with Gasteiger partial charge in [-0.1, -0.05) is 22.0 Å². The molecule has 0 radical (unpaired) electrons. The van der Waals surface area contributed by atoms with Gasteiger partial charge in [0.2, 0.25) is 0 Å². The summed E-state index contributed by atoms with van der Waals surface area (Å²) in [5.74, 6) is -0.499. The molecule has 1 aromatic rings. The number of hydrogen-bond donors (Lipinski definition) is 0. The molecule has 0 N–H and O–H groups in total. The van der Waals surface area contributed by atoms with E-state index in [0.717, 1.165) is 0 Å². The lowest BCUT2D eigenvalue weighted by atomic mass is 10.0. The zero-order valence-electron chi connectivity index (χ0n) is 9.94. The van der Waals surface area contributed by atoms with Gasteiger partial charge < -0.3 is 4.74 Å². The molecule has 0 spiro atoms. The molecule has 0 saturated heterocycles. The Morgan fingerprint density at radius 2 is 2.11 bits per heavy atom. The minimum Gasteiger partial charge on any atom is -0.462 e. The normalized spacial score (nSPS) is 9.89. The summed E-state index contributed by atoms with van der Waals surface area (Å²) in [5, 5.41) is 0.241. The van der Waals surface area contributed by atoms with E-state index in [4.69, 9.17) is 4.74 Å². The van der Waals surface area contributed by atoms with Crippen molar-refractivity contribution < 1.29 is 19.1 Å². The molecular weight excluding hydrogens is 300 g/mol. The number of carbonyl (C=O) groups excluding carboxylic acids is 3. The van der Waals surface area contributed by atoms with Gasteiger partial charge in [0.25, 0.3) is 0 Å². The number of Topliss-reactive ketones (excluding diaryl/α,β-unsaturated/α-hetero) is 1. The van der Waals surface area contributed by atoms with Crippen molar-refractivity contribution in [3.63, 3.8) is 0 Å². The van der Waals surface area contributed by atoms with Crippen LogP contribution in [0.15, 0.2) is 18.2 Å². The highest BCUT2D eigenvalue weighted by molar-refractivity contribution is 9.09. The first-order chi connectivity index (χ1) is 8.62. The lowest BCUT2D eigenvalue weighted by Gasteiger charge is -2.06. The van der Waals surface area contributed by atoms with Gasteiger partial charge in [-0.05, 0) is 24.6 Å². The molecule has 0 aliphatic rings. The smallest absolute Gasteiger partial charge is 0.338 e. The summed E-state index contributed by atoms with van der Waals surface area (Å²) < 4.78 is 4.84. The number of ether oxygens (including phenoxy) is 1. The van der Waals surface area contributed by atoms with Crippen LogP contribution < -0.4 is 0 Å². The third-order valence-corrected chi connectivity index (χ3v) is 2.95. The second-order valence-electron chi connectivity index (χ2n) is 3.60. The van der Waals surface area contributed by atoms with Crippen molar-refractivity contribution in [1.82, 2.24) is 0 Å². The first-order valence-corrected chi connectivity index (χ1v) is 6.57. The van der Waals surface area contributed by atoms with E-state index < -0.39 is 5.97 Å². The minimum absolute atomic E-state index is 0.0259. The second-order valence-corrected chi connectivity index (χ2v) is 4.16. The molecule has 1 aromatic carbocycles. The Balaban J connectivity index is 2.99. The van der Waals surface area contributed by atoms with E-state index in [1.807, 2.05) is 0 Å². The van der Waals surface area contributed by atoms with Crippen LogP contribution >= 0.6 is 15.9 Å². The van der Waals surface area contributed by atoms with Crippen LogP contribution in [0.4, 0.5) is 0 Å². The number of aldehydes is 1. The standard InChI is InChI=1S/C13H13BrO4/c1-2-18-13(17)10-4-3-9(6-12(16)7-14)11(5-10)8-15/h3-5,8H,2,6-7H2,1H3. The fraction of sp³-hybridized carbons (Fsp3) is 0.308. The molecular formula is C13H13BrO4. The quantitative estimate of drug-likeness (QED) is 0.459. The zero-order chi connectivity index (χ0) is 13.5. The molecule has 0 aromatic heterocycles. The maximum absolute atomic E-state index is 11.5. The fourth-order valence-corrected chi connectivity index (χ4v) is 1.66. The van der Waals surface area contributed by atoms with Gasteiger partial charge in [-0.2, -0.15) is 0 Å². The number of alkyl halides is 1. The lowest BCUT2D eigenvalue weighted by molar-refractivity contribution is -0.115. The molecule has 0 atom stereocenters. The van der Waals surface area contributed by atoms with Crippen molar-refractivity contribution in [2.75, 3.05) is 11.9 Å². The van der Waals surface area contributed by atoms with Crippen LogP contribution in [0, 0.1) is 0 Å². The molecule has 1 rings (SSSR count). The van der Waals surface area contributed by atoms with Crippen molar-refractivity contribution in [2.45, 2.75) is 13.3 Å². The van der Waals surface area contributed by atoms with Crippen LogP contribution in [0.25, 0.3) is 0 Å². The van der Waals surface area contributed by atoms with E-state index in [2.05, 4.69) is 15.9 Å². The molecule has 0 aliphatic heterocycles. The predicted molar refractivity (Wildman–Crippen MR) is 70.3 cm³/mol. The molecule has 0 aliphatic carbocycles. The summed E-state index contributed by atoms with van der Waals surface area (Å²) in [6.45, 7) is 1.99. The summed E-state index contributed by atoms with van der Waals surface area (Å²) in [4.78, 5) is 33.8. The minimum atomic E-state index is -0.473. The SMILES string of the molecule is CCOC(=O)c1ccc(CC(=O)CBr)c(C=O)c1. The summed E-state index contributed by atoms with van der Waals surface area (Å²) in [7, 11) is 0. The summed E-state index contributed by atoms with van der Waals surface area (Å²) in [5.41, 5.74) is 1.27. The van der Waals surface area contributed by atoms with E-state index in [1.165, 1.54) is 6.07 Å². The second kappa shape index (κ2) is 7.06. The van der Waals surface area contributed by atoms with E-state index in [-0.39, 0.29) is 24.1 Å².